The minimum Gasteiger partial charge on any atom is -0.341 e. The highest BCUT2D eigenvalue weighted by molar-refractivity contribution is 5.94. The van der Waals surface area contributed by atoms with Crippen LogP contribution in [0.3, 0.4) is 0 Å². The lowest BCUT2D eigenvalue weighted by Gasteiger charge is -2.48. The fourth-order valence-electron chi connectivity index (χ4n) is 11.2. The summed E-state index contributed by atoms with van der Waals surface area (Å²) in [6.45, 7) is 1.94. The largest absolute Gasteiger partial charge is 0.341 e. The van der Waals surface area contributed by atoms with Gasteiger partial charge in [0.25, 0.3) is 11.8 Å². The van der Waals surface area contributed by atoms with Crippen LogP contribution in [0.1, 0.15) is 105 Å². The highest BCUT2D eigenvalue weighted by atomic mass is 19.3. The molecule has 6 saturated carbocycles. The maximum Gasteiger partial charge on any atom is 0.260 e. The Balaban J connectivity index is 0.737. The zero-order valence-corrected chi connectivity index (χ0v) is 32.8. The second-order valence-corrected chi connectivity index (χ2v) is 19.6. The van der Waals surface area contributed by atoms with Gasteiger partial charge in [-0.2, -0.15) is 9.97 Å². The van der Waals surface area contributed by atoms with Crippen molar-refractivity contribution in [1.82, 2.24) is 39.0 Å². The fourth-order valence-corrected chi connectivity index (χ4v) is 11.2. The van der Waals surface area contributed by atoms with Gasteiger partial charge in [0, 0.05) is 84.9 Å². The number of amides is 4. The first-order chi connectivity index (χ1) is 28.7. The van der Waals surface area contributed by atoms with E-state index in [0.29, 0.717) is 43.9 Å². The maximum absolute atomic E-state index is 13.8. The van der Waals surface area contributed by atoms with Crippen molar-refractivity contribution in [1.29, 1.82) is 0 Å². The molecule has 4 aromatic rings. The smallest absolute Gasteiger partial charge is 0.260 e. The van der Waals surface area contributed by atoms with Crippen molar-refractivity contribution in [2.45, 2.75) is 100 Å². The molecular weight excluding hydrogens is 785 g/mol. The third-order valence-corrected chi connectivity index (χ3v) is 15.1. The summed E-state index contributed by atoms with van der Waals surface area (Å²) in [6.07, 6.45) is 6.59. The summed E-state index contributed by atoms with van der Waals surface area (Å²) in [5.41, 5.74) is 3.76. The van der Waals surface area contributed by atoms with Gasteiger partial charge >= 0.3 is 0 Å². The number of hydrogen-bond donors (Lipinski definition) is 2. The molecule has 2 N–H and O–H groups in total. The van der Waals surface area contributed by atoms with E-state index in [1.165, 1.54) is 0 Å². The van der Waals surface area contributed by atoms with Gasteiger partial charge in [-0.15, -0.1) is 10.2 Å². The van der Waals surface area contributed by atoms with Crippen LogP contribution in [0.2, 0.25) is 0 Å². The quantitative estimate of drug-likeness (QED) is 0.214. The summed E-state index contributed by atoms with van der Waals surface area (Å²) in [7, 11) is 0. The van der Waals surface area contributed by atoms with Crippen LogP contribution in [0.5, 0.6) is 0 Å². The molecule has 18 heteroatoms. The number of fused-ring (bicyclic) bond motifs is 2. The summed E-state index contributed by atoms with van der Waals surface area (Å²) in [6, 6.07) is 9.77. The van der Waals surface area contributed by atoms with E-state index in [-0.39, 0.29) is 77.0 Å². The molecule has 14 nitrogen and oxygen atoms in total. The number of carbonyl (C=O) groups excluding carboxylic acids is 4. The average molecular weight is 829 g/mol. The van der Waals surface area contributed by atoms with Gasteiger partial charge in [0.2, 0.25) is 35.5 Å². The molecule has 2 spiro atoms. The van der Waals surface area contributed by atoms with Gasteiger partial charge in [-0.25, -0.2) is 26.6 Å². The van der Waals surface area contributed by atoms with E-state index < -0.39 is 35.5 Å². The van der Waals surface area contributed by atoms with Gasteiger partial charge in [0.1, 0.15) is 11.8 Å². The molecule has 8 aliphatic rings. The zero-order valence-electron chi connectivity index (χ0n) is 32.8. The predicted octanol–water partition coefficient (Wildman–Crippen LogP) is 5.37. The number of carbonyl (C=O) groups is 4. The Morgan fingerprint density at radius 2 is 1.18 bits per heavy atom. The van der Waals surface area contributed by atoms with Crippen LogP contribution in [0.15, 0.2) is 30.3 Å². The van der Waals surface area contributed by atoms with Gasteiger partial charge in [-0.1, -0.05) is 6.07 Å². The molecule has 314 valence electrons. The number of rotatable bonds is 9. The number of pyridine rings is 2. The molecule has 0 aromatic carbocycles. The molecule has 4 aromatic heterocycles. The number of anilines is 2. The fraction of sp³-hybridized carbons (Fsp3) is 0.619. The van der Waals surface area contributed by atoms with E-state index in [0.717, 1.165) is 68.3 Å². The third-order valence-electron chi connectivity index (χ3n) is 15.1. The predicted molar refractivity (Wildman–Crippen MR) is 204 cm³/mol. The van der Waals surface area contributed by atoms with Gasteiger partial charge in [0.05, 0.1) is 0 Å². The summed E-state index contributed by atoms with van der Waals surface area (Å²) in [5, 5.41) is 15.2. The normalized spacial score (nSPS) is 31.0. The standard InChI is InChI=1S/C42H44F4N10O4/c43-41(44)15-27(41)35(59)53-17-39(18-53)8-6-22(13-39)29-2-1-3-31-47-37(51-55(29)31)50-34(58)26-12-25(26)24-10-30(56-32(11-24)48-38(52-56)49-33(57)21-4-5-21)23-7-9-40(14-23)19-54(20-40)36(60)28-16-42(28,45)46/h1-3,10-11,21-23,25-28H,4-9,12-20H2,(H,49,52,57)(H,50,51,58)/t22-,23+,25?,26?,27+,28+/m1/s1. The van der Waals surface area contributed by atoms with E-state index in [1.54, 1.807) is 18.8 Å². The van der Waals surface area contributed by atoms with Gasteiger partial charge in [0.15, 0.2) is 11.3 Å². The molecule has 2 aliphatic heterocycles. The number of nitrogens with zero attached hydrogens (tertiary/aromatic N) is 8. The third kappa shape index (κ3) is 6.00. The van der Waals surface area contributed by atoms with E-state index in [4.69, 9.17) is 10.2 Å². The number of nitrogens with one attached hydrogen (secondary N) is 2. The molecule has 2 saturated heterocycles. The van der Waals surface area contributed by atoms with Crippen LogP contribution in [-0.2, 0) is 19.2 Å². The molecule has 8 fully saturated rings. The van der Waals surface area contributed by atoms with Crippen molar-refractivity contribution in [3.63, 3.8) is 0 Å². The lowest BCUT2D eigenvalue weighted by molar-refractivity contribution is -0.147. The number of alkyl halides is 4. The second kappa shape index (κ2) is 12.2. The minimum atomic E-state index is -2.89. The molecule has 12 rings (SSSR count). The van der Waals surface area contributed by atoms with Gasteiger partial charge in [-0.05, 0) is 93.5 Å². The summed E-state index contributed by atoms with van der Waals surface area (Å²) < 4.78 is 57.9. The Morgan fingerprint density at radius 3 is 1.75 bits per heavy atom. The van der Waals surface area contributed by atoms with Gasteiger partial charge in [-0.3, -0.25) is 29.8 Å². The molecule has 60 heavy (non-hydrogen) atoms. The number of aromatic nitrogens is 6. The lowest BCUT2D eigenvalue weighted by Crippen LogP contribution is -2.58. The molecule has 0 bridgehead atoms. The molecule has 6 atom stereocenters. The highest BCUT2D eigenvalue weighted by Crippen LogP contribution is 2.57. The minimum absolute atomic E-state index is 0.0265. The van der Waals surface area contributed by atoms with E-state index in [2.05, 4.69) is 26.7 Å². The summed E-state index contributed by atoms with van der Waals surface area (Å²) >= 11 is 0. The lowest BCUT2D eigenvalue weighted by atomic mass is 9.77. The Morgan fingerprint density at radius 1 is 0.650 bits per heavy atom. The highest BCUT2D eigenvalue weighted by Gasteiger charge is 2.65. The Hall–Kier alpha value is -5.16. The summed E-state index contributed by atoms with van der Waals surface area (Å²) in [4.78, 5) is 64.1. The van der Waals surface area contributed by atoms with E-state index in [1.807, 2.05) is 24.3 Å². The monoisotopic (exact) mass is 828 g/mol. The first-order valence-corrected chi connectivity index (χ1v) is 21.4. The molecular formula is C42H44F4N10O4. The average Bonchev–Trinajstić information content (AvgIpc) is 4.16. The summed E-state index contributed by atoms with van der Waals surface area (Å²) in [5.74, 6) is -9.10. The van der Waals surface area contributed by atoms with E-state index >= 15 is 0 Å². The van der Waals surface area contributed by atoms with Crippen molar-refractivity contribution in [2.75, 3.05) is 36.8 Å². The van der Waals surface area contributed by atoms with Crippen LogP contribution < -0.4 is 10.6 Å². The van der Waals surface area contributed by atoms with Crippen molar-refractivity contribution >= 4 is 46.8 Å². The van der Waals surface area contributed by atoms with Crippen LogP contribution in [0.25, 0.3) is 11.3 Å². The van der Waals surface area contributed by atoms with Crippen molar-refractivity contribution < 1.29 is 36.7 Å². The van der Waals surface area contributed by atoms with Crippen molar-refractivity contribution in [3.05, 3.63) is 47.3 Å². The first kappa shape index (κ1) is 36.7. The van der Waals surface area contributed by atoms with E-state index in [9.17, 15) is 36.7 Å². The van der Waals surface area contributed by atoms with Crippen LogP contribution >= 0.6 is 0 Å². The van der Waals surface area contributed by atoms with Crippen LogP contribution in [-0.4, -0.2) is 101 Å². The number of hydrogen-bond acceptors (Lipinski definition) is 8. The van der Waals surface area contributed by atoms with Crippen LogP contribution in [0.4, 0.5) is 29.5 Å². The Kier molecular flexibility index (Phi) is 7.48. The van der Waals surface area contributed by atoms with Crippen molar-refractivity contribution in [3.8, 4) is 0 Å². The molecule has 6 aliphatic carbocycles. The Bertz CT molecular complexity index is 2540. The first-order valence-electron chi connectivity index (χ1n) is 21.4. The SMILES string of the molecule is O=C(Nc1nc2cc(C3CC3C(=O)Nc3nc4cccc([C@@H]5CCC6(C5)CN(C(=O)[C@@H]5CC5(F)F)C6)n4n3)cc([C@H]3CCC4(C3)CN(C(=O)[C@@H]3CC3(F)F)C4)n2n1)C1CC1. The molecule has 6 heterocycles. The van der Waals surface area contributed by atoms with Crippen LogP contribution in [0, 0.1) is 34.5 Å². The number of halogens is 4. The Labute approximate surface area is 340 Å². The van der Waals surface area contributed by atoms with Crippen molar-refractivity contribution in [2.24, 2.45) is 34.5 Å². The molecule has 2 unspecified atom stereocenters. The zero-order chi connectivity index (χ0) is 41.1. The molecule has 0 radical (unpaired) electrons. The van der Waals surface area contributed by atoms with Gasteiger partial charge < -0.3 is 9.80 Å². The maximum atomic E-state index is 13.8. The number of likely N-dealkylation sites (tertiary alicyclic amines) is 2. The topological polar surface area (TPSA) is 159 Å². The molecule has 4 amide bonds. The second-order valence-electron chi connectivity index (χ2n) is 19.6.